The summed E-state index contributed by atoms with van der Waals surface area (Å²) in [6, 6.07) is 8.42. The van der Waals surface area contributed by atoms with Crippen molar-refractivity contribution in [1.29, 1.82) is 0 Å². The Kier molecular flexibility index (Phi) is 4.57. The van der Waals surface area contributed by atoms with E-state index in [4.69, 9.17) is 4.74 Å². The van der Waals surface area contributed by atoms with E-state index in [0.29, 0.717) is 0 Å². The van der Waals surface area contributed by atoms with E-state index in [-0.39, 0.29) is 4.87 Å². The first-order chi connectivity index (χ1) is 8.61. The van der Waals surface area contributed by atoms with Gasteiger partial charge in [-0.05, 0) is 50.4 Å². The topological polar surface area (TPSA) is 21.3 Å². The summed E-state index contributed by atoms with van der Waals surface area (Å²) in [6.45, 7) is 5.81. The van der Waals surface area contributed by atoms with Crippen LogP contribution in [-0.4, -0.2) is 23.8 Å². The Morgan fingerprint density at radius 1 is 1.39 bits per heavy atom. The summed E-state index contributed by atoms with van der Waals surface area (Å²) in [5.74, 6) is 0.934. The maximum atomic E-state index is 5.18. The lowest BCUT2D eigenvalue weighted by atomic mass is 10.1. The Morgan fingerprint density at radius 2 is 2.11 bits per heavy atom. The van der Waals surface area contributed by atoms with Crippen LogP contribution < -0.4 is 10.1 Å². The molecule has 0 spiro atoms. The highest BCUT2D eigenvalue weighted by Gasteiger charge is 2.29. The molecule has 0 saturated carbocycles. The molecule has 1 heterocycles. The number of methoxy groups -OCH3 is 1. The van der Waals surface area contributed by atoms with Crippen LogP contribution in [0.3, 0.4) is 0 Å². The van der Waals surface area contributed by atoms with Crippen LogP contribution in [0.2, 0.25) is 0 Å². The molecule has 3 heteroatoms. The number of hydrogen-bond donors (Lipinski definition) is 1. The third-order valence-corrected chi connectivity index (χ3v) is 5.07. The van der Waals surface area contributed by atoms with Gasteiger partial charge >= 0.3 is 0 Å². The minimum atomic E-state index is 0.234. The normalized spacial score (nSPS) is 28.1. The van der Waals surface area contributed by atoms with Gasteiger partial charge in [0.25, 0.3) is 0 Å². The van der Waals surface area contributed by atoms with Gasteiger partial charge in [-0.15, -0.1) is 11.8 Å². The first-order valence-electron chi connectivity index (χ1n) is 6.67. The smallest absolute Gasteiger partial charge is 0.118 e. The molecule has 1 aliphatic rings. The molecule has 2 nitrogen and oxygen atoms in total. The SMILES string of the molecule is COc1ccc(CCC2(C)NCCC(C)S2)cc1. The molecule has 2 atom stereocenters. The number of rotatable bonds is 4. The molecule has 2 rings (SSSR count). The molecule has 0 radical (unpaired) electrons. The lowest BCUT2D eigenvalue weighted by molar-refractivity contribution is 0.414. The first kappa shape index (κ1) is 13.8. The average Bonchev–Trinajstić information content (AvgIpc) is 2.37. The van der Waals surface area contributed by atoms with Gasteiger partial charge in [0.2, 0.25) is 0 Å². The van der Waals surface area contributed by atoms with Crippen molar-refractivity contribution >= 4 is 11.8 Å². The zero-order valence-electron chi connectivity index (χ0n) is 11.5. The summed E-state index contributed by atoms with van der Waals surface area (Å²) in [7, 11) is 1.71. The van der Waals surface area contributed by atoms with Gasteiger partial charge < -0.3 is 10.1 Å². The number of thioether (sulfide) groups is 1. The van der Waals surface area contributed by atoms with Gasteiger partial charge in [0.1, 0.15) is 5.75 Å². The summed E-state index contributed by atoms with van der Waals surface area (Å²) >= 11 is 2.08. The molecule has 1 aromatic carbocycles. The molecule has 1 aromatic rings. The molecule has 0 aliphatic carbocycles. The molecule has 18 heavy (non-hydrogen) atoms. The Morgan fingerprint density at radius 3 is 2.72 bits per heavy atom. The number of nitrogens with one attached hydrogen (secondary N) is 1. The zero-order chi connectivity index (χ0) is 13.0. The van der Waals surface area contributed by atoms with Gasteiger partial charge in [0.05, 0.1) is 12.0 Å². The van der Waals surface area contributed by atoms with Gasteiger partial charge in [-0.1, -0.05) is 19.1 Å². The second kappa shape index (κ2) is 5.98. The van der Waals surface area contributed by atoms with Crippen LogP contribution >= 0.6 is 11.8 Å². The maximum Gasteiger partial charge on any atom is 0.118 e. The van der Waals surface area contributed by atoms with Gasteiger partial charge in [-0.2, -0.15) is 0 Å². The number of benzene rings is 1. The van der Waals surface area contributed by atoms with Gasteiger partial charge in [0.15, 0.2) is 0 Å². The molecule has 0 aromatic heterocycles. The largest absolute Gasteiger partial charge is 0.497 e. The first-order valence-corrected chi connectivity index (χ1v) is 7.55. The van der Waals surface area contributed by atoms with E-state index in [2.05, 4.69) is 43.1 Å². The monoisotopic (exact) mass is 265 g/mol. The lowest BCUT2D eigenvalue weighted by Gasteiger charge is -2.37. The van der Waals surface area contributed by atoms with Crippen molar-refractivity contribution in [2.24, 2.45) is 0 Å². The quantitative estimate of drug-likeness (QED) is 0.901. The molecule has 1 fully saturated rings. The summed E-state index contributed by atoms with van der Waals surface area (Å²) in [5, 5.41) is 4.43. The van der Waals surface area contributed by atoms with E-state index in [9.17, 15) is 0 Å². The second-order valence-electron chi connectivity index (χ2n) is 5.22. The predicted molar refractivity (Wildman–Crippen MR) is 79.4 cm³/mol. The lowest BCUT2D eigenvalue weighted by Crippen LogP contribution is -2.45. The van der Waals surface area contributed by atoms with Crippen LogP contribution in [0.1, 0.15) is 32.3 Å². The highest BCUT2D eigenvalue weighted by Crippen LogP contribution is 2.35. The van der Waals surface area contributed by atoms with Crippen molar-refractivity contribution in [2.45, 2.75) is 43.2 Å². The van der Waals surface area contributed by atoms with Gasteiger partial charge in [0, 0.05) is 5.25 Å². The average molecular weight is 265 g/mol. The molecule has 100 valence electrons. The minimum Gasteiger partial charge on any atom is -0.497 e. The Hall–Kier alpha value is -0.670. The molecule has 1 N–H and O–H groups in total. The van der Waals surface area contributed by atoms with Crippen LogP contribution in [0.15, 0.2) is 24.3 Å². The molecule has 1 aliphatic heterocycles. The van der Waals surface area contributed by atoms with Crippen LogP contribution in [0, 0.1) is 0 Å². The Labute approximate surface area is 114 Å². The number of hydrogen-bond acceptors (Lipinski definition) is 3. The third-order valence-electron chi connectivity index (χ3n) is 3.56. The fraction of sp³-hybridized carbons (Fsp3) is 0.600. The highest BCUT2D eigenvalue weighted by atomic mass is 32.2. The Bertz CT molecular complexity index is 379. The highest BCUT2D eigenvalue weighted by molar-refractivity contribution is 8.01. The van der Waals surface area contributed by atoms with Crippen molar-refractivity contribution < 1.29 is 4.74 Å². The fourth-order valence-electron chi connectivity index (χ4n) is 2.41. The van der Waals surface area contributed by atoms with Crippen LogP contribution in [-0.2, 0) is 6.42 Å². The Balaban J connectivity index is 1.89. The minimum absolute atomic E-state index is 0.234. The summed E-state index contributed by atoms with van der Waals surface area (Å²) < 4.78 is 5.18. The van der Waals surface area contributed by atoms with Crippen molar-refractivity contribution in [2.75, 3.05) is 13.7 Å². The summed E-state index contributed by atoms with van der Waals surface area (Å²) in [4.78, 5) is 0.234. The summed E-state index contributed by atoms with van der Waals surface area (Å²) in [5.41, 5.74) is 1.39. The van der Waals surface area contributed by atoms with Crippen molar-refractivity contribution in [3.8, 4) is 5.75 Å². The van der Waals surface area contributed by atoms with E-state index in [1.807, 2.05) is 12.1 Å². The zero-order valence-corrected chi connectivity index (χ0v) is 12.3. The van der Waals surface area contributed by atoms with Crippen LogP contribution in [0.5, 0.6) is 5.75 Å². The van der Waals surface area contributed by atoms with E-state index in [1.54, 1.807) is 7.11 Å². The molecule has 1 saturated heterocycles. The van der Waals surface area contributed by atoms with E-state index < -0.39 is 0 Å². The van der Waals surface area contributed by atoms with Crippen LogP contribution in [0.4, 0.5) is 0 Å². The van der Waals surface area contributed by atoms with Crippen molar-refractivity contribution in [3.05, 3.63) is 29.8 Å². The molecule has 0 amide bonds. The van der Waals surface area contributed by atoms with Crippen molar-refractivity contribution in [1.82, 2.24) is 5.32 Å². The van der Waals surface area contributed by atoms with Gasteiger partial charge in [-0.25, -0.2) is 0 Å². The molecular weight excluding hydrogens is 242 g/mol. The molecule has 2 unspecified atom stereocenters. The fourth-order valence-corrected chi connectivity index (χ4v) is 3.94. The van der Waals surface area contributed by atoms with Crippen molar-refractivity contribution in [3.63, 3.8) is 0 Å². The summed E-state index contributed by atoms with van der Waals surface area (Å²) in [6.07, 6.45) is 3.57. The number of ether oxygens (including phenoxy) is 1. The van der Waals surface area contributed by atoms with Gasteiger partial charge in [-0.3, -0.25) is 0 Å². The third kappa shape index (κ3) is 3.66. The number of aryl methyl sites for hydroxylation is 1. The standard InChI is InChI=1S/C15H23NOS/c1-12-9-11-16-15(2,18-12)10-8-13-4-6-14(17-3)7-5-13/h4-7,12,16H,8-11H2,1-3H3. The van der Waals surface area contributed by atoms with E-state index in [0.717, 1.165) is 24.0 Å². The van der Waals surface area contributed by atoms with E-state index in [1.165, 1.54) is 18.4 Å². The predicted octanol–water partition coefficient (Wildman–Crippen LogP) is 3.46. The second-order valence-corrected chi connectivity index (χ2v) is 7.16. The maximum absolute atomic E-state index is 5.18. The van der Waals surface area contributed by atoms with E-state index >= 15 is 0 Å². The molecule has 0 bridgehead atoms. The molecular formula is C15H23NOS. The van der Waals surface area contributed by atoms with Crippen LogP contribution in [0.25, 0.3) is 0 Å².